The Labute approximate surface area is 280 Å². The number of fused-ring (bicyclic) bond motifs is 2. The van der Waals surface area contributed by atoms with Gasteiger partial charge in [-0.15, -0.1) is 0 Å². The van der Waals surface area contributed by atoms with Crippen molar-refractivity contribution in [3.63, 3.8) is 0 Å². The summed E-state index contributed by atoms with van der Waals surface area (Å²) in [5.41, 5.74) is 2.17. The van der Waals surface area contributed by atoms with E-state index in [2.05, 4.69) is 26.6 Å². The molecule has 224 valence electrons. The van der Waals surface area contributed by atoms with Crippen LogP contribution in [0.25, 0.3) is 22.1 Å². The van der Waals surface area contributed by atoms with Crippen molar-refractivity contribution in [2.75, 3.05) is 0 Å². The van der Waals surface area contributed by atoms with Crippen LogP contribution in [-0.2, 0) is 75.4 Å². The van der Waals surface area contributed by atoms with E-state index in [0.29, 0.717) is 34.8 Å². The third-order valence-corrected chi connectivity index (χ3v) is 8.00. The second-order valence-corrected chi connectivity index (χ2v) is 10.7. The van der Waals surface area contributed by atoms with Gasteiger partial charge in [0.1, 0.15) is 12.1 Å². The first-order chi connectivity index (χ1) is 19.5. The summed E-state index contributed by atoms with van der Waals surface area (Å²) >= 11 is 3.42. The molecule has 2 saturated heterocycles. The monoisotopic (exact) mass is 992 g/mol. The maximum atomic E-state index is 12.4. The van der Waals surface area contributed by atoms with Crippen LogP contribution in [0.4, 0.5) is 0 Å². The van der Waals surface area contributed by atoms with Gasteiger partial charge in [-0.1, -0.05) is 12.1 Å². The van der Waals surface area contributed by atoms with Crippen molar-refractivity contribution in [3.8, 4) is 0 Å². The number of aldehydes is 1. The first-order valence-corrected chi connectivity index (χ1v) is 13.5. The number of benzene rings is 2. The Morgan fingerprint density at radius 1 is 0.721 bits per heavy atom. The number of hydrogen-bond donors (Lipinski definition) is 2. The molecule has 2 aromatic heterocycles. The Hall–Kier alpha value is -3.21. The molecular formula is C27H25BrN6O7W2. The van der Waals surface area contributed by atoms with Gasteiger partial charge in [0.25, 0.3) is 0 Å². The number of aryl methyl sites for hydroxylation is 2. The van der Waals surface area contributed by atoms with E-state index in [-0.39, 0.29) is 84.6 Å². The second kappa shape index (κ2) is 13.6. The number of para-hydroxylation sites is 2. The van der Waals surface area contributed by atoms with E-state index in [4.69, 9.17) is 0 Å². The number of halogens is 1. The molecule has 6 rings (SSSR count). The summed E-state index contributed by atoms with van der Waals surface area (Å²) in [7, 11) is 3.22. The van der Waals surface area contributed by atoms with Gasteiger partial charge in [0.2, 0.25) is 23.6 Å². The van der Waals surface area contributed by atoms with Crippen molar-refractivity contribution in [1.29, 1.82) is 0 Å². The Bertz CT molecular complexity index is 1910. The summed E-state index contributed by atoms with van der Waals surface area (Å²) in [5, 5.41) is 4.53. The fourth-order valence-electron chi connectivity index (χ4n) is 5.41. The molecule has 4 amide bonds. The third kappa shape index (κ3) is 6.10. The fourth-order valence-corrected chi connectivity index (χ4v) is 6.04. The van der Waals surface area contributed by atoms with E-state index < -0.39 is 23.9 Å². The van der Waals surface area contributed by atoms with E-state index in [9.17, 15) is 33.6 Å². The van der Waals surface area contributed by atoms with Gasteiger partial charge in [0, 0.05) is 79.1 Å². The molecule has 2 aliphatic heterocycles. The van der Waals surface area contributed by atoms with Gasteiger partial charge in [-0.25, -0.2) is 9.59 Å². The Balaban J connectivity index is 0.000000225. The van der Waals surface area contributed by atoms with Gasteiger partial charge in [0.15, 0.2) is 6.29 Å². The molecule has 2 atom stereocenters. The zero-order chi connectivity index (χ0) is 29.6. The SMILES string of the molecule is Cn1c(=O)n(C2CCC(=O)NC2=O)c2cccc(Br)c21.Cn1c(=O)n(C2CCC(=O)NC2=O)c2cccc(C=O)c21.[W].[W]. The molecule has 13 nitrogen and oxygen atoms in total. The molecule has 4 heterocycles. The number of imidazole rings is 2. The fraction of sp³-hybridized carbons (Fsp3) is 0.296. The summed E-state index contributed by atoms with van der Waals surface area (Å²) in [5.74, 6) is -1.54. The first kappa shape index (κ1) is 34.3. The molecule has 2 N–H and O–H groups in total. The second-order valence-electron chi connectivity index (χ2n) is 9.80. The molecule has 43 heavy (non-hydrogen) atoms. The Kier molecular flexibility index (Phi) is 10.9. The largest absolute Gasteiger partial charge is 0.329 e. The van der Waals surface area contributed by atoms with Gasteiger partial charge in [-0.2, -0.15) is 0 Å². The molecule has 2 aromatic carbocycles. The van der Waals surface area contributed by atoms with Crippen LogP contribution in [0, 0.1) is 0 Å². The molecular weight excluding hydrogens is 968 g/mol. The Morgan fingerprint density at radius 2 is 1.16 bits per heavy atom. The normalized spacial score (nSPS) is 18.2. The van der Waals surface area contributed by atoms with E-state index in [1.165, 1.54) is 18.3 Å². The minimum Gasteiger partial charge on any atom is -0.298 e. The van der Waals surface area contributed by atoms with Crippen molar-refractivity contribution < 1.29 is 66.1 Å². The minimum atomic E-state index is -0.735. The van der Waals surface area contributed by atoms with Crippen LogP contribution < -0.4 is 22.0 Å². The summed E-state index contributed by atoms with van der Waals surface area (Å²) in [4.78, 5) is 82.4. The minimum absolute atomic E-state index is 0. The number of amides is 4. The molecule has 2 aliphatic rings. The topological polar surface area (TPSA) is 163 Å². The van der Waals surface area contributed by atoms with E-state index in [0.717, 1.165) is 9.99 Å². The third-order valence-electron chi connectivity index (χ3n) is 7.36. The number of aromatic nitrogens is 4. The maximum absolute atomic E-state index is 12.4. The average Bonchev–Trinajstić information content (AvgIpc) is 3.34. The van der Waals surface area contributed by atoms with Crippen molar-refractivity contribution in [3.05, 3.63) is 67.4 Å². The van der Waals surface area contributed by atoms with Gasteiger partial charge < -0.3 is 0 Å². The van der Waals surface area contributed by atoms with Gasteiger partial charge in [-0.3, -0.25) is 52.9 Å². The zero-order valence-electron chi connectivity index (χ0n) is 22.9. The molecule has 0 aliphatic carbocycles. The number of nitrogens with zero attached hydrogens (tertiary/aromatic N) is 4. The molecule has 0 spiro atoms. The van der Waals surface area contributed by atoms with Crippen molar-refractivity contribution in [2.45, 2.75) is 37.8 Å². The van der Waals surface area contributed by atoms with Crippen molar-refractivity contribution in [2.24, 2.45) is 14.1 Å². The standard InChI is InChI=1S/C14H13N3O4.C13H12BrN3O3.2W/c1-16-12-8(7-18)3-2-4-9(12)17(14(16)21)10-5-6-11(19)15-13(10)20;1-16-11-7(14)3-2-4-8(11)17(13(16)20)9-5-6-10(18)15-12(9)19;;/h2-4,7,10H,5-6H2,1H3,(H,15,19,20);2-4,9H,5-6H2,1H3,(H,15,18,19);;. The van der Waals surface area contributed by atoms with Crippen LogP contribution >= 0.6 is 15.9 Å². The average molecular weight is 993 g/mol. The zero-order valence-corrected chi connectivity index (χ0v) is 30.3. The molecule has 16 heteroatoms. The van der Waals surface area contributed by atoms with E-state index >= 15 is 0 Å². The number of nitrogens with one attached hydrogen (secondary N) is 2. The summed E-state index contributed by atoms with van der Waals surface area (Å²) in [6, 6.07) is 9.04. The van der Waals surface area contributed by atoms with Crippen molar-refractivity contribution in [1.82, 2.24) is 28.9 Å². The number of imide groups is 2. The first-order valence-electron chi connectivity index (χ1n) is 12.7. The van der Waals surface area contributed by atoms with Crippen LogP contribution in [0.3, 0.4) is 0 Å². The quantitative estimate of drug-likeness (QED) is 0.231. The van der Waals surface area contributed by atoms with Gasteiger partial charge in [0.05, 0.1) is 22.1 Å². The summed E-state index contributed by atoms with van der Waals surface area (Å²) < 4.78 is 6.46. The number of carbonyl (C=O) groups excluding carboxylic acids is 5. The summed E-state index contributed by atoms with van der Waals surface area (Å²) in [6.45, 7) is 0. The van der Waals surface area contributed by atoms with Gasteiger partial charge >= 0.3 is 11.4 Å². The summed E-state index contributed by atoms with van der Waals surface area (Å²) in [6.07, 6.45) is 1.72. The van der Waals surface area contributed by atoms with Crippen LogP contribution in [0.2, 0.25) is 0 Å². The number of rotatable bonds is 3. The maximum Gasteiger partial charge on any atom is 0.329 e. The molecule has 2 unspecified atom stereocenters. The molecule has 4 aromatic rings. The number of piperidine rings is 2. The molecule has 0 radical (unpaired) electrons. The number of hydrogen-bond acceptors (Lipinski definition) is 7. The Morgan fingerprint density at radius 3 is 1.63 bits per heavy atom. The smallest absolute Gasteiger partial charge is 0.298 e. The predicted octanol–water partition coefficient (Wildman–Crippen LogP) is 1.21. The van der Waals surface area contributed by atoms with Gasteiger partial charge in [-0.05, 0) is 53.0 Å². The molecule has 0 saturated carbocycles. The van der Waals surface area contributed by atoms with Crippen LogP contribution in [0.5, 0.6) is 0 Å². The number of carbonyl (C=O) groups is 5. The van der Waals surface area contributed by atoms with E-state index in [1.54, 1.807) is 38.4 Å². The van der Waals surface area contributed by atoms with E-state index in [1.807, 2.05) is 12.1 Å². The molecule has 2 fully saturated rings. The predicted molar refractivity (Wildman–Crippen MR) is 150 cm³/mol. The van der Waals surface area contributed by atoms with Crippen LogP contribution in [0.15, 0.2) is 50.5 Å². The van der Waals surface area contributed by atoms with Crippen LogP contribution in [0.1, 0.15) is 48.1 Å². The van der Waals surface area contributed by atoms with Crippen molar-refractivity contribution >= 4 is 67.9 Å². The molecule has 0 bridgehead atoms. The van der Waals surface area contributed by atoms with Crippen LogP contribution in [-0.4, -0.2) is 48.2 Å².